The maximum absolute atomic E-state index is 13.5. The van der Waals surface area contributed by atoms with Crippen LogP contribution in [0.15, 0.2) is 18.2 Å². The molecular weight excluding hydrogens is 277 g/mol. The molecule has 0 unspecified atom stereocenters. The lowest BCUT2D eigenvalue weighted by Gasteiger charge is -2.08. The van der Waals surface area contributed by atoms with Gasteiger partial charge in [0.25, 0.3) is 0 Å². The SMILES string of the molecule is CCOC(=O)Nc1cc(F)cc(CCCCC(=O)OC)c1. The van der Waals surface area contributed by atoms with Gasteiger partial charge < -0.3 is 9.47 Å². The Bertz CT molecular complexity index is 491. The van der Waals surface area contributed by atoms with Crippen molar-refractivity contribution in [1.29, 1.82) is 0 Å². The Labute approximate surface area is 123 Å². The van der Waals surface area contributed by atoms with E-state index in [1.54, 1.807) is 13.0 Å². The van der Waals surface area contributed by atoms with Gasteiger partial charge in [-0.2, -0.15) is 0 Å². The first-order chi connectivity index (χ1) is 10.0. The largest absolute Gasteiger partial charge is 0.469 e. The van der Waals surface area contributed by atoms with E-state index in [2.05, 4.69) is 10.1 Å². The molecular formula is C15H20FNO4. The van der Waals surface area contributed by atoms with E-state index in [-0.39, 0.29) is 12.6 Å². The minimum absolute atomic E-state index is 0.251. The molecule has 0 fully saturated rings. The van der Waals surface area contributed by atoms with Crippen molar-refractivity contribution in [3.8, 4) is 0 Å². The first kappa shape index (κ1) is 16.9. The van der Waals surface area contributed by atoms with Crippen molar-refractivity contribution in [1.82, 2.24) is 0 Å². The van der Waals surface area contributed by atoms with Gasteiger partial charge in [-0.05, 0) is 49.9 Å². The zero-order valence-corrected chi connectivity index (χ0v) is 12.3. The predicted molar refractivity (Wildman–Crippen MR) is 76.6 cm³/mol. The number of nitrogens with one attached hydrogen (secondary N) is 1. The number of hydrogen-bond acceptors (Lipinski definition) is 4. The Morgan fingerprint density at radius 2 is 2.00 bits per heavy atom. The summed E-state index contributed by atoms with van der Waals surface area (Å²) in [6, 6.07) is 4.33. The topological polar surface area (TPSA) is 64.6 Å². The van der Waals surface area contributed by atoms with Crippen molar-refractivity contribution in [2.24, 2.45) is 0 Å². The molecule has 0 saturated heterocycles. The lowest BCUT2D eigenvalue weighted by atomic mass is 10.1. The van der Waals surface area contributed by atoms with E-state index in [0.717, 1.165) is 12.0 Å². The molecule has 1 N–H and O–H groups in total. The van der Waals surface area contributed by atoms with Gasteiger partial charge in [-0.15, -0.1) is 0 Å². The molecule has 0 bridgehead atoms. The number of esters is 1. The molecule has 0 saturated carbocycles. The number of amides is 1. The lowest BCUT2D eigenvalue weighted by molar-refractivity contribution is -0.140. The fraction of sp³-hybridized carbons (Fsp3) is 0.467. The van der Waals surface area contributed by atoms with Crippen LogP contribution in [0.4, 0.5) is 14.9 Å². The molecule has 6 heteroatoms. The van der Waals surface area contributed by atoms with Crippen molar-refractivity contribution in [2.75, 3.05) is 19.0 Å². The highest BCUT2D eigenvalue weighted by atomic mass is 19.1. The minimum Gasteiger partial charge on any atom is -0.469 e. The van der Waals surface area contributed by atoms with Gasteiger partial charge in [0.05, 0.1) is 13.7 Å². The Hall–Kier alpha value is -2.11. The number of carbonyl (C=O) groups excluding carboxylic acids is 2. The summed E-state index contributed by atoms with van der Waals surface area (Å²) in [6.45, 7) is 1.94. The number of carbonyl (C=O) groups is 2. The average molecular weight is 297 g/mol. The zero-order chi connectivity index (χ0) is 15.7. The molecule has 5 nitrogen and oxygen atoms in total. The van der Waals surface area contributed by atoms with Gasteiger partial charge in [0.1, 0.15) is 5.82 Å². The van der Waals surface area contributed by atoms with Crippen molar-refractivity contribution in [2.45, 2.75) is 32.6 Å². The van der Waals surface area contributed by atoms with Gasteiger partial charge in [0.2, 0.25) is 0 Å². The minimum atomic E-state index is -0.611. The second-order valence-corrected chi connectivity index (χ2v) is 4.48. The summed E-state index contributed by atoms with van der Waals surface area (Å²) in [5.41, 5.74) is 1.11. The van der Waals surface area contributed by atoms with Gasteiger partial charge in [-0.1, -0.05) is 0 Å². The van der Waals surface area contributed by atoms with Crippen molar-refractivity contribution < 1.29 is 23.5 Å². The quantitative estimate of drug-likeness (QED) is 0.619. The Morgan fingerprint density at radius 3 is 2.67 bits per heavy atom. The maximum Gasteiger partial charge on any atom is 0.411 e. The number of benzene rings is 1. The van der Waals surface area contributed by atoms with Crippen molar-refractivity contribution in [3.05, 3.63) is 29.6 Å². The van der Waals surface area contributed by atoms with Crippen LogP contribution in [0.25, 0.3) is 0 Å². The molecule has 0 heterocycles. The molecule has 1 amide bonds. The van der Waals surface area contributed by atoms with Gasteiger partial charge in [-0.25, -0.2) is 9.18 Å². The van der Waals surface area contributed by atoms with Crippen LogP contribution in [-0.2, 0) is 20.7 Å². The molecule has 1 aromatic carbocycles. The van der Waals surface area contributed by atoms with Crippen LogP contribution >= 0.6 is 0 Å². The third kappa shape index (κ3) is 6.74. The van der Waals surface area contributed by atoms with Crippen LogP contribution in [0.2, 0.25) is 0 Å². The Morgan fingerprint density at radius 1 is 1.24 bits per heavy atom. The summed E-state index contributed by atoms with van der Waals surface area (Å²) in [5.74, 6) is -0.675. The number of rotatable bonds is 7. The molecule has 116 valence electrons. The summed E-state index contributed by atoms with van der Waals surface area (Å²) in [6.07, 6.45) is 1.76. The molecule has 0 aromatic heterocycles. The third-order valence-electron chi connectivity index (χ3n) is 2.80. The Balaban J connectivity index is 2.52. The van der Waals surface area contributed by atoms with E-state index in [1.807, 2.05) is 0 Å². The first-order valence-electron chi connectivity index (χ1n) is 6.85. The van der Waals surface area contributed by atoms with Crippen LogP contribution in [0.5, 0.6) is 0 Å². The number of halogens is 1. The van der Waals surface area contributed by atoms with Crippen LogP contribution < -0.4 is 5.32 Å². The van der Waals surface area contributed by atoms with E-state index < -0.39 is 11.9 Å². The standard InChI is InChI=1S/C15H20FNO4/c1-3-21-15(19)17-13-9-11(8-12(16)10-13)6-4-5-7-14(18)20-2/h8-10H,3-7H2,1-2H3,(H,17,19). The highest BCUT2D eigenvalue weighted by molar-refractivity contribution is 5.84. The first-order valence-corrected chi connectivity index (χ1v) is 6.85. The number of hydrogen-bond donors (Lipinski definition) is 1. The second kappa shape index (κ2) is 8.94. The fourth-order valence-corrected chi connectivity index (χ4v) is 1.85. The molecule has 0 radical (unpaired) electrons. The third-order valence-corrected chi connectivity index (χ3v) is 2.80. The van der Waals surface area contributed by atoms with Gasteiger partial charge in [0, 0.05) is 12.1 Å². The predicted octanol–water partition coefficient (Wildman–Crippen LogP) is 3.28. The molecule has 0 aliphatic rings. The van der Waals surface area contributed by atoms with Crippen LogP contribution in [0, 0.1) is 5.82 Å². The summed E-state index contributed by atoms with van der Waals surface area (Å²) in [5, 5.41) is 2.47. The fourth-order valence-electron chi connectivity index (χ4n) is 1.85. The van der Waals surface area contributed by atoms with Crippen LogP contribution in [0.3, 0.4) is 0 Å². The summed E-state index contributed by atoms with van der Waals surface area (Å²) in [7, 11) is 1.35. The normalized spacial score (nSPS) is 10.0. The van der Waals surface area contributed by atoms with Crippen molar-refractivity contribution >= 4 is 17.7 Å². The lowest BCUT2D eigenvalue weighted by Crippen LogP contribution is -2.13. The molecule has 0 aliphatic heterocycles. The van der Waals surface area contributed by atoms with Gasteiger partial charge >= 0.3 is 12.1 Å². The number of aryl methyl sites for hydroxylation is 1. The van der Waals surface area contributed by atoms with Crippen molar-refractivity contribution in [3.63, 3.8) is 0 Å². The number of methoxy groups -OCH3 is 1. The highest BCUT2D eigenvalue weighted by Gasteiger charge is 2.06. The van der Waals surface area contributed by atoms with Crippen LogP contribution in [-0.4, -0.2) is 25.8 Å². The summed E-state index contributed by atoms with van der Waals surface area (Å²) in [4.78, 5) is 22.3. The van der Waals surface area contributed by atoms with E-state index in [1.165, 1.54) is 19.2 Å². The Kier molecular flexibility index (Phi) is 7.21. The number of ether oxygens (including phenoxy) is 2. The van der Waals surface area contributed by atoms with E-state index in [4.69, 9.17) is 4.74 Å². The second-order valence-electron chi connectivity index (χ2n) is 4.48. The highest BCUT2D eigenvalue weighted by Crippen LogP contribution is 2.16. The number of anilines is 1. The molecule has 0 spiro atoms. The van der Waals surface area contributed by atoms with Gasteiger partial charge in [0.15, 0.2) is 0 Å². The van der Waals surface area contributed by atoms with Crippen LogP contribution in [0.1, 0.15) is 31.7 Å². The molecule has 1 rings (SSSR count). The van der Waals surface area contributed by atoms with E-state index in [9.17, 15) is 14.0 Å². The van der Waals surface area contributed by atoms with E-state index in [0.29, 0.717) is 24.9 Å². The summed E-state index contributed by atoms with van der Waals surface area (Å²) < 4.78 is 22.8. The zero-order valence-electron chi connectivity index (χ0n) is 12.3. The van der Waals surface area contributed by atoms with Gasteiger partial charge in [-0.3, -0.25) is 10.1 Å². The molecule has 21 heavy (non-hydrogen) atoms. The maximum atomic E-state index is 13.5. The molecule has 1 aromatic rings. The summed E-state index contributed by atoms with van der Waals surface area (Å²) >= 11 is 0. The molecule has 0 atom stereocenters. The van der Waals surface area contributed by atoms with E-state index >= 15 is 0 Å². The molecule has 0 aliphatic carbocycles. The number of unbranched alkanes of at least 4 members (excludes halogenated alkanes) is 1. The average Bonchev–Trinajstić information content (AvgIpc) is 2.43. The monoisotopic (exact) mass is 297 g/mol. The smallest absolute Gasteiger partial charge is 0.411 e.